The molecule has 1 saturated heterocycles. The fourth-order valence-electron chi connectivity index (χ4n) is 6.72. The average molecular weight is 774 g/mol. The lowest BCUT2D eigenvalue weighted by molar-refractivity contribution is -0.130. The van der Waals surface area contributed by atoms with Gasteiger partial charge in [-0.1, -0.05) is 84.0 Å². The third-order valence-electron chi connectivity index (χ3n) is 9.57. The molecule has 0 aliphatic carbocycles. The number of carbonyl (C=O) groups is 4. The summed E-state index contributed by atoms with van der Waals surface area (Å²) >= 11 is 0. The molecule has 304 valence electrons. The van der Waals surface area contributed by atoms with Gasteiger partial charge in [-0.25, -0.2) is 24.3 Å². The molecule has 0 bridgehead atoms. The average Bonchev–Trinajstić information content (AvgIpc) is 3.48. The lowest BCUT2D eigenvalue weighted by Crippen LogP contribution is -2.60. The van der Waals surface area contributed by atoms with Gasteiger partial charge in [0.2, 0.25) is 5.91 Å². The number of hydrogen-bond donors (Lipinski definition) is 3. The highest BCUT2D eigenvalue weighted by Gasteiger charge is 2.44. The Morgan fingerprint density at radius 3 is 2.21 bits per heavy atom. The Hall–Kier alpha value is -5.21. The number of carbonyl (C=O) groups excluding carboxylic acids is 4. The van der Waals surface area contributed by atoms with Crippen LogP contribution in [0.2, 0.25) is 0 Å². The first-order chi connectivity index (χ1) is 26.4. The van der Waals surface area contributed by atoms with Gasteiger partial charge in [-0.2, -0.15) is 0 Å². The van der Waals surface area contributed by atoms with Crippen molar-refractivity contribution < 1.29 is 33.8 Å². The number of nitrogens with one attached hydrogen (secondary N) is 2. The lowest BCUT2D eigenvalue weighted by Gasteiger charge is -2.38. The van der Waals surface area contributed by atoms with Gasteiger partial charge in [0.1, 0.15) is 11.8 Å². The maximum absolute atomic E-state index is 14.5. The zero-order valence-corrected chi connectivity index (χ0v) is 34.2. The number of aryl methyl sites for hydroxylation is 1. The summed E-state index contributed by atoms with van der Waals surface area (Å²) in [5, 5.41) is 16.7. The van der Waals surface area contributed by atoms with Crippen molar-refractivity contribution in [1.29, 1.82) is 0 Å². The largest absolute Gasteiger partial charge is 0.497 e. The highest BCUT2D eigenvalue weighted by Crippen LogP contribution is 2.29. The topological polar surface area (TPSA) is 157 Å². The summed E-state index contributed by atoms with van der Waals surface area (Å²) in [4.78, 5) is 63.5. The van der Waals surface area contributed by atoms with Crippen LogP contribution in [0.1, 0.15) is 63.8 Å². The van der Waals surface area contributed by atoms with Crippen molar-refractivity contribution in [3.05, 3.63) is 95.3 Å². The molecule has 1 aliphatic heterocycles. The predicted octanol–water partition coefficient (Wildman–Crippen LogP) is 5.38. The Bertz CT molecular complexity index is 1780. The van der Waals surface area contributed by atoms with Crippen molar-refractivity contribution >= 4 is 24.1 Å². The Labute approximate surface area is 331 Å². The van der Waals surface area contributed by atoms with E-state index < -0.39 is 47.0 Å². The second-order valence-electron chi connectivity index (χ2n) is 16.6. The number of rotatable bonds is 15. The van der Waals surface area contributed by atoms with Crippen molar-refractivity contribution in [3.63, 3.8) is 0 Å². The van der Waals surface area contributed by atoms with Crippen LogP contribution in [0.3, 0.4) is 0 Å². The Balaban J connectivity index is 1.62. The van der Waals surface area contributed by atoms with Crippen LogP contribution in [-0.2, 0) is 29.0 Å². The number of methoxy groups -OCH3 is 2. The quantitative estimate of drug-likeness (QED) is 0.173. The van der Waals surface area contributed by atoms with Crippen LogP contribution in [0.5, 0.6) is 5.75 Å². The number of nitrogens with zero attached hydrogens (tertiary/aromatic N) is 5. The summed E-state index contributed by atoms with van der Waals surface area (Å²) in [5.74, 6) is 0.246. The number of hydrogen-bond acceptors (Lipinski definition) is 9. The summed E-state index contributed by atoms with van der Waals surface area (Å²) in [6.45, 7) is 14.7. The second kappa shape index (κ2) is 19.1. The molecule has 0 saturated carbocycles. The minimum Gasteiger partial charge on any atom is -0.497 e. The number of hydrazine groups is 1. The van der Waals surface area contributed by atoms with Crippen molar-refractivity contribution in [2.24, 2.45) is 10.8 Å². The fourth-order valence-corrected chi connectivity index (χ4v) is 6.72. The molecular formula is C42H59N7O7. The minimum absolute atomic E-state index is 0.0693. The van der Waals surface area contributed by atoms with Crippen molar-refractivity contribution in [1.82, 2.24) is 35.4 Å². The van der Waals surface area contributed by atoms with Crippen LogP contribution in [0.4, 0.5) is 14.4 Å². The molecule has 3 N–H and O–H groups in total. The van der Waals surface area contributed by atoms with Crippen LogP contribution in [0.15, 0.2) is 73.1 Å². The Kier molecular flexibility index (Phi) is 14.8. The summed E-state index contributed by atoms with van der Waals surface area (Å²) < 4.78 is 10.3. The molecule has 0 radical (unpaired) electrons. The third kappa shape index (κ3) is 12.1. The van der Waals surface area contributed by atoms with E-state index in [1.54, 1.807) is 41.4 Å². The van der Waals surface area contributed by atoms with Gasteiger partial charge in [0.05, 0.1) is 26.4 Å². The number of aliphatic hydroxyl groups is 1. The number of amides is 6. The van der Waals surface area contributed by atoms with Crippen LogP contribution in [0, 0.1) is 17.8 Å². The number of aliphatic hydroxyl groups excluding tert-OH is 1. The molecular weight excluding hydrogens is 715 g/mol. The molecule has 2 aromatic carbocycles. The number of ether oxygens (including phenoxy) is 2. The van der Waals surface area contributed by atoms with E-state index in [-0.39, 0.29) is 32.1 Å². The molecule has 3 unspecified atom stereocenters. The van der Waals surface area contributed by atoms with E-state index in [0.717, 1.165) is 27.2 Å². The third-order valence-corrected chi connectivity index (χ3v) is 9.57. The molecule has 6 amide bonds. The summed E-state index contributed by atoms with van der Waals surface area (Å²) in [6.07, 6.45) is 1.68. The number of urea groups is 2. The van der Waals surface area contributed by atoms with Crippen LogP contribution >= 0.6 is 0 Å². The zero-order valence-electron chi connectivity index (χ0n) is 34.2. The van der Waals surface area contributed by atoms with Crippen LogP contribution < -0.4 is 15.5 Å². The van der Waals surface area contributed by atoms with Gasteiger partial charge in [-0.15, -0.1) is 0 Å². The minimum atomic E-state index is -1.23. The molecule has 2 heterocycles. The lowest BCUT2D eigenvalue weighted by atomic mass is 9.84. The van der Waals surface area contributed by atoms with Crippen molar-refractivity contribution in [2.45, 2.75) is 86.2 Å². The normalized spacial score (nSPS) is 14.9. The van der Waals surface area contributed by atoms with E-state index in [4.69, 9.17) is 9.47 Å². The maximum atomic E-state index is 14.5. The zero-order chi connectivity index (χ0) is 41.2. The summed E-state index contributed by atoms with van der Waals surface area (Å²) in [5.41, 5.74) is 5.32. The first-order valence-corrected chi connectivity index (χ1v) is 18.9. The standard InChI is InChI=1S/C42H59N7O7/c1-29-19-20-43-24-32(29)26-46-21-22-48(39(46)53)36(42(5,6)7)37(51)44-34(23-30-13-11-10-12-14-30)35(50)27-47(25-31-15-17-33(55-8)18-16-31)45-38(52)49(40(54)56-9)28-41(2,3)4/h10-20,24,34-36,50H,21-23,25-28H2,1-9H3,(H,44,51)(H,45,52). The molecule has 1 aromatic heterocycles. The van der Waals surface area contributed by atoms with Crippen LogP contribution in [-0.4, -0.2) is 112 Å². The molecule has 56 heavy (non-hydrogen) atoms. The highest BCUT2D eigenvalue weighted by atomic mass is 16.5. The highest BCUT2D eigenvalue weighted by molar-refractivity contribution is 5.91. The van der Waals surface area contributed by atoms with Gasteiger partial charge >= 0.3 is 18.2 Å². The number of aromatic nitrogens is 1. The first-order valence-electron chi connectivity index (χ1n) is 18.9. The van der Waals surface area contributed by atoms with E-state index in [9.17, 15) is 24.3 Å². The smallest absolute Gasteiger partial charge is 0.417 e. The van der Waals surface area contributed by atoms with Crippen LogP contribution in [0.25, 0.3) is 0 Å². The summed E-state index contributed by atoms with van der Waals surface area (Å²) in [6, 6.07) is 15.9. The first kappa shape index (κ1) is 43.5. The predicted molar refractivity (Wildman–Crippen MR) is 213 cm³/mol. The monoisotopic (exact) mass is 773 g/mol. The number of pyridine rings is 1. The van der Waals surface area contributed by atoms with Gasteiger partial charge in [0.25, 0.3) is 0 Å². The molecule has 1 fully saturated rings. The second-order valence-corrected chi connectivity index (χ2v) is 16.6. The van der Waals surface area contributed by atoms with E-state index >= 15 is 0 Å². The van der Waals surface area contributed by atoms with Gasteiger partial charge in [0.15, 0.2) is 0 Å². The SMILES string of the molecule is COC(=O)N(CC(C)(C)C)C(=O)NN(Cc1ccc(OC)cc1)CC(O)C(Cc1ccccc1)NC(=O)C(N1CCN(Cc2cnccc2C)C1=O)C(C)(C)C. The number of imide groups is 1. The molecule has 3 atom stereocenters. The van der Waals surface area contributed by atoms with Gasteiger partial charge < -0.3 is 29.7 Å². The maximum Gasteiger partial charge on any atom is 0.417 e. The van der Waals surface area contributed by atoms with Gasteiger partial charge in [-0.05, 0) is 64.6 Å². The molecule has 14 heteroatoms. The molecule has 1 aliphatic rings. The van der Waals surface area contributed by atoms with Gasteiger partial charge in [-0.3, -0.25) is 15.2 Å². The van der Waals surface area contributed by atoms with E-state index in [2.05, 4.69) is 15.7 Å². The fraction of sp³-hybridized carbons (Fsp3) is 0.500. The van der Waals surface area contributed by atoms with Gasteiger partial charge in [0, 0.05) is 51.7 Å². The van der Waals surface area contributed by atoms with Crippen molar-refractivity contribution in [2.75, 3.05) is 40.4 Å². The van der Waals surface area contributed by atoms with E-state index in [1.165, 1.54) is 12.1 Å². The van der Waals surface area contributed by atoms with E-state index in [0.29, 0.717) is 25.4 Å². The summed E-state index contributed by atoms with van der Waals surface area (Å²) in [7, 11) is 2.78. The molecule has 3 aromatic rings. The Morgan fingerprint density at radius 2 is 1.62 bits per heavy atom. The molecule has 0 spiro atoms. The van der Waals surface area contributed by atoms with E-state index in [1.807, 2.05) is 97.0 Å². The Morgan fingerprint density at radius 1 is 0.946 bits per heavy atom. The molecule has 4 rings (SSSR count). The van der Waals surface area contributed by atoms with Crippen molar-refractivity contribution in [3.8, 4) is 5.75 Å². The molecule has 14 nitrogen and oxygen atoms in total. The number of benzene rings is 2.